The quantitative estimate of drug-likeness (QED) is 0.638. The topological polar surface area (TPSA) is 52.9 Å². The molecule has 1 aromatic carbocycles. The van der Waals surface area contributed by atoms with Gasteiger partial charge in [-0.05, 0) is 55.5 Å². The van der Waals surface area contributed by atoms with Crippen molar-refractivity contribution in [1.82, 2.24) is 19.8 Å². The zero-order valence-electron chi connectivity index (χ0n) is 19.5. The third kappa shape index (κ3) is 3.86. The molecule has 34 heavy (non-hydrogen) atoms. The first-order valence-corrected chi connectivity index (χ1v) is 12.6. The Balaban J connectivity index is 1.20. The van der Waals surface area contributed by atoms with Crippen molar-refractivity contribution in [2.75, 3.05) is 44.2 Å². The van der Waals surface area contributed by atoms with Gasteiger partial charge in [-0.1, -0.05) is 30.7 Å². The number of hydrogen-bond acceptors (Lipinski definition) is 4. The first-order chi connectivity index (χ1) is 16.6. The highest BCUT2D eigenvalue weighted by Crippen LogP contribution is 2.35. The molecule has 3 fully saturated rings. The molecule has 178 valence electrons. The summed E-state index contributed by atoms with van der Waals surface area (Å²) in [4.78, 5) is 17.0. The average Bonchev–Trinajstić information content (AvgIpc) is 3.28. The molecule has 1 saturated carbocycles. The van der Waals surface area contributed by atoms with E-state index in [2.05, 4.69) is 27.4 Å². The van der Waals surface area contributed by atoms with Gasteiger partial charge in [0, 0.05) is 56.6 Å². The van der Waals surface area contributed by atoms with Gasteiger partial charge in [0.1, 0.15) is 5.67 Å². The number of hydrogen-bond donors (Lipinski definition) is 1. The molecular formula is C27H32FN5O. The molecule has 7 heteroatoms. The summed E-state index contributed by atoms with van der Waals surface area (Å²) in [6.45, 7) is 4.49. The Morgan fingerprint density at radius 2 is 1.82 bits per heavy atom. The van der Waals surface area contributed by atoms with Crippen molar-refractivity contribution in [3.05, 3.63) is 54.4 Å². The minimum absolute atomic E-state index is 0.264. The Morgan fingerprint density at radius 1 is 1.03 bits per heavy atom. The third-order valence-corrected chi connectivity index (χ3v) is 7.94. The molecule has 2 saturated heterocycles. The van der Waals surface area contributed by atoms with Crippen molar-refractivity contribution in [2.24, 2.45) is 5.92 Å². The number of piperazine rings is 1. The Morgan fingerprint density at radius 3 is 2.50 bits per heavy atom. The first-order valence-electron chi connectivity index (χ1n) is 12.6. The molecular weight excluding hydrogens is 429 g/mol. The van der Waals surface area contributed by atoms with Gasteiger partial charge in [-0.2, -0.15) is 5.10 Å². The lowest BCUT2D eigenvalue weighted by Gasteiger charge is -2.39. The zero-order chi connectivity index (χ0) is 23.1. The average molecular weight is 462 g/mol. The van der Waals surface area contributed by atoms with Crippen LogP contribution in [0.1, 0.15) is 37.7 Å². The predicted octanol–water partition coefficient (Wildman–Crippen LogP) is 4.00. The fourth-order valence-corrected chi connectivity index (χ4v) is 5.58. The smallest absolute Gasteiger partial charge is 0.225 e. The van der Waals surface area contributed by atoms with Crippen LogP contribution in [0.3, 0.4) is 0 Å². The molecule has 2 aliphatic heterocycles. The van der Waals surface area contributed by atoms with Crippen molar-refractivity contribution in [3.8, 4) is 11.1 Å². The number of piperidine rings is 1. The molecule has 1 atom stereocenters. The molecule has 0 spiro atoms. The van der Waals surface area contributed by atoms with Crippen molar-refractivity contribution in [2.45, 2.75) is 37.8 Å². The van der Waals surface area contributed by atoms with E-state index in [0.717, 1.165) is 79.9 Å². The van der Waals surface area contributed by atoms with Crippen LogP contribution >= 0.6 is 0 Å². The van der Waals surface area contributed by atoms with Gasteiger partial charge >= 0.3 is 0 Å². The standard InChI is InChI=1S/C27H32FN5O/c28-27(10-2-11-29-19-27)23-7-5-20(6-8-23)22-17-25-24(9-12-30-33(25)18-22)31-13-15-32(16-14-31)26(34)21-3-1-4-21/h5-9,12,17-18,21,29H,1-4,10-11,13-16,19H2. The van der Waals surface area contributed by atoms with Crippen molar-refractivity contribution >= 4 is 17.1 Å². The fraction of sp³-hybridized carbons (Fsp3) is 0.481. The summed E-state index contributed by atoms with van der Waals surface area (Å²) in [6.07, 6.45) is 8.61. The van der Waals surface area contributed by atoms with E-state index in [1.165, 1.54) is 6.42 Å². The minimum atomic E-state index is -1.28. The molecule has 4 heterocycles. The Kier molecular flexibility index (Phi) is 5.52. The lowest BCUT2D eigenvalue weighted by Crippen LogP contribution is -2.51. The van der Waals surface area contributed by atoms with E-state index >= 15 is 4.39 Å². The number of anilines is 1. The van der Waals surface area contributed by atoms with Gasteiger partial charge in [0.15, 0.2) is 0 Å². The van der Waals surface area contributed by atoms with Gasteiger partial charge < -0.3 is 15.1 Å². The normalized spacial score (nSPS) is 23.8. The lowest BCUT2D eigenvalue weighted by atomic mass is 9.84. The van der Waals surface area contributed by atoms with Crippen LogP contribution < -0.4 is 10.2 Å². The number of nitrogens with one attached hydrogen (secondary N) is 1. The number of rotatable bonds is 4. The van der Waals surface area contributed by atoms with Crippen LogP contribution in [-0.2, 0) is 10.5 Å². The Labute approximate surface area is 199 Å². The van der Waals surface area contributed by atoms with Gasteiger partial charge in [-0.25, -0.2) is 8.91 Å². The van der Waals surface area contributed by atoms with Crippen LogP contribution in [0.15, 0.2) is 48.8 Å². The molecule has 1 unspecified atom stereocenters. The summed E-state index contributed by atoms with van der Waals surface area (Å²) in [5.74, 6) is 0.610. The lowest BCUT2D eigenvalue weighted by molar-refractivity contribution is -0.138. The zero-order valence-corrected chi connectivity index (χ0v) is 19.5. The monoisotopic (exact) mass is 461 g/mol. The number of benzene rings is 1. The second-order valence-corrected chi connectivity index (χ2v) is 10.0. The Bertz CT molecular complexity index is 1170. The number of carbonyl (C=O) groups is 1. The van der Waals surface area contributed by atoms with Gasteiger partial charge in [0.05, 0.1) is 11.2 Å². The van der Waals surface area contributed by atoms with E-state index in [4.69, 9.17) is 0 Å². The van der Waals surface area contributed by atoms with Crippen LogP contribution in [0.25, 0.3) is 16.6 Å². The fourth-order valence-electron chi connectivity index (χ4n) is 5.58. The second kappa shape index (κ2) is 8.69. The number of alkyl halides is 1. The maximum atomic E-state index is 15.3. The van der Waals surface area contributed by atoms with Crippen LogP contribution in [-0.4, -0.2) is 59.7 Å². The molecule has 0 bridgehead atoms. The highest BCUT2D eigenvalue weighted by atomic mass is 19.1. The van der Waals surface area contributed by atoms with Crippen molar-refractivity contribution in [1.29, 1.82) is 0 Å². The van der Waals surface area contributed by atoms with E-state index in [1.54, 1.807) is 0 Å². The maximum absolute atomic E-state index is 15.3. The number of fused-ring (bicyclic) bond motifs is 1. The van der Waals surface area contributed by atoms with Gasteiger partial charge in [-0.15, -0.1) is 0 Å². The maximum Gasteiger partial charge on any atom is 0.225 e. The highest BCUT2D eigenvalue weighted by Gasteiger charge is 2.34. The van der Waals surface area contributed by atoms with Gasteiger partial charge in [0.25, 0.3) is 0 Å². The molecule has 0 radical (unpaired) electrons. The number of carbonyl (C=O) groups excluding carboxylic acids is 1. The molecule has 3 aliphatic rings. The summed E-state index contributed by atoms with van der Waals surface area (Å²) < 4.78 is 17.2. The molecule has 1 N–H and O–H groups in total. The van der Waals surface area contributed by atoms with Crippen molar-refractivity contribution < 1.29 is 9.18 Å². The number of halogens is 1. The third-order valence-electron chi connectivity index (χ3n) is 7.94. The van der Waals surface area contributed by atoms with Crippen LogP contribution in [0.2, 0.25) is 0 Å². The second-order valence-electron chi connectivity index (χ2n) is 10.0. The molecule has 2 aromatic heterocycles. The largest absolute Gasteiger partial charge is 0.366 e. The first kappa shape index (κ1) is 21.6. The summed E-state index contributed by atoms with van der Waals surface area (Å²) in [7, 11) is 0. The summed E-state index contributed by atoms with van der Waals surface area (Å²) in [5, 5.41) is 7.71. The Hall–Kier alpha value is -2.93. The number of amides is 1. The molecule has 6 rings (SSSR count). The van der Waals surface area contributed by atoms with Crippen LogP contribution in [0, 0.1) is 5.92 Å². The number of aromatic nitrogens is 2. The van der Waals surface area contributed by atoms with Crippen LogP contribution in [0.5, 0.6) is 0 Å². The SMILES string of the molecule is O=C(C1CCC1)N1CCN(c2ccnn3cc(-c4ccc(C5(F)CCCNC5)cc4)cc23)CC1. The summed E-state index contributed by atoms with van der Waals surface area (Å²) >= 11 is 0. The molecule has 1 aliphatic carbocycles. The predicted molar refractivity (Wildman–Crippen MR) is 132 cm³/mol. The summed E-state index contributed by atoms with van der Waals surface area (Å²) in [5.41, 5.74) is 3.80. The van der Waals surface area contributed by atoms with E-state index in [1.807, 2.05) is 46.1 Å². The highest BCUT2D eigenvalue weighted by molar-refractivity contribution is 5.81. The van der Waals surface area contributed by atoms with E-state index in [-0.39, 0.29) is 5.92 Å². The number of nitrogens with zero attached hydrogens (tertiary/aromatic N) is 4. The van der Waals surface area contributed by atoms with E-state index in [0.29, 0.717) is 18.9 Å². The van der Waals surface area contributed by atoms with Gasteiger partial charge in [0.2, 0.25) is 5.91 Å². The van der Waals surface area contributed by atoms with E-state index < -0.39 is 5.67 Å². The molecule has 1 amide bonds. The van der Waals surface area contributed by atoms with Crippen LogP contribution in [0.4, 0.5) is 10.1 Å². The van der Waals surface area contributed by atoms with E-state index in [9.17, 15) is 4.79 Å². The molecule has 6 nitrogen and oxygen atoms in total. The minimum Gasteiger partial charge on any atom is -0.366 e. The van der Waals surface area contributed by atoms with Crippen molar-refractivity contribution in [3.63, 3.8) is 0 Å². The summed E-state index contributed by atoms with van der Waals surface area (Å²) in [6, 6.07) is 12.1. The molecule has 3 aromatic rings. The van der Waals surface area contributed by atoms with Gasteiger partial charge in [-0.3, -0.25) is 4.79 Å².